The topological polar surface area (TPSA) is 84.9 Å². The number of ketones is 1. The fraction of sp³-hybridized carbons (Fsp3) is 0.316. The molecule has 1 aromatic carbocycles. The van der Waals surface area contributed by atoms with Gasteiger partial charge >= 0.3 is 6.03 Å². The van der Waals surface area contributed by atoms with E-state index in [0.717, 1.165) is 15.1 Å². The first-order chi connectivity index (χ1) is 13.4. The van der Waals surface area contributed by atoms with E-state index in [-0.39, 0.29) is 12.3 Å². The molecule has 2 aliphatic heterocycles. The van der Waals surface area contributed by atoms with Gasteiger partial charge < -0.3 is 14.8 Å². The van der Waals surface area contributed by atoms with Crippen LogP contribution in [0.25, 0.3) is 0 Å². The van der Waals surface area contributed by atoms with Crippen LogP contribution in [-0.4, -0.2) is 42.4 Å². The van der Waals surface area contributed by atoms with Crippen LogP contribution in [-0.2, 0) is 10.3 Å². The van der Waals surface area contributed by atoms with Gasteiger partial charge in [0.2, 0.25) is 0 Å². The fourth-order valence-electron chi connectivity index (χ4n) is 3.20. The molecule has 3 heterocycles. The van der Waals surface area contributed by atoms with E-state index < -0.39 is 17.5 Å². The molecule has 1 saturated heterocycles. The number of amides is 3. The second-order valence-electron chi connectivity index (χ2n) is 6.69. The molecule has 1 unspecified atom stereocenters. The summed E-state index contributed by atoms with van der Waals surface area (Å²) in [5.41, 5.74) is -0.707. The maximum atomic E-state index is 13.1. The summed E-state index contributed by atoms with van der Waals surface area (Å²) >= 11 is 4.57. The zero-order valence-electron chi connectivity index (χ0n) is 15.0. The SMILES string of the molecule is CC1(c2ccc3c(c2)OCCCO3)NC(=O)N(CC(=O)c2ccc(Br)s2)C1=O. The van der Waals surface area contributed by atoms with Crippen molar-refractivity contribution in [2.24, 2.45) is 0 Å². The van der Waals surface area contributed by atoms with E-state index in [0.29, 0.717) is 35.2 Å². The molecule has 1 N–H and O–H groups in total. The first-order valence-electron chi connectivity index (χ1n) is 8.71. The van der Waals surface area contributed by atoms with E-state index in [1.807, 2.05) is 0 Å². The zero-order chi connectivity index (χ0) is 19.9. The van der Waals surface area contributed by atoms with Gasteiger partial charge in [-0.3, -0.25) is 14.5 Å². The highest BCUT2D eigenvalue weighted by Gasteiger charge is 2.49. The van der Waals surface area contributed by atoms with Crippen molar-refractivity contribution < 1.29 is 23.9 Å². The lowest BCUT2D eigenvalue weighted by molar-refractivity contribution is -0.130. The number of fused-ring (bicyclic) bond motifs is 1. The van der Waals surface area contributed by atoms with Crippen molar-refractivity contribution in [2.45, 2.75) is 18.9 Å². The molecule has 1 fully saturated rings. The minimum absolute atomic E-state index is 0.290. The van der Waals surface area contributed by atoms with Gasteiger partial charge in [-0.1, -0.05) is 6.07 Å². The number of carbonyl (C=O) groups is 3. The maximum absolute atomic E-state index is 13.1. The summed E-state index contributed by atoms with van der Waals surface area (Å²) in [4.78, 5) is 39.4. The molecule has 2 aliphatic rings. The standard InChI is InChI=1S/C19H17BrN2O5S/c1-19(11-3-4-13-14(9-11)27-8-2-7-26-13)17(24)22(18(25)21-19)10-12(23)15-5-6-16(20)28-15/h3-6,9H,2,7-8,10H2,1H3,(H,21,25). The van der Waals surface area contributed by atoms with Gasteiger partial charge in [0.15, 0.2) is 17.3 Å². The Morgan fingerprint density at radius 3 is 2.68 bits per heavy atom. The van der Waals surface area contributed by atoms with Crippen LogP contribution in [0.4, 0.5) is 4.79 Å². The molecule has 3 amide bonds. The van der Waals surface area contributed by atoms with Crippen LogP contribution in [0, 0.1) is 0 Å². The third-order valence-corrected chi connectivity index (χ3v) is 6.41. The molecule has 0 aliphatic carbocycles. The number of benzene rings is 1. The van der Waals surface area contributed by atoms with Gasteiger partial charge in [0, 0.05) is 6.42 Å². The molecule has 0 bridgehead atoms. The Kier molecular flexibility index (Phi) is 4.88. The van der Waals surface area contributed by atoms with Gasteiger partial charge in [-0.25, -0.2) is 4.79 Å². The Balaban J connectivity index is 1.59. The van der Waals surface area contributed by atoms with Crippen molar-refractivity contribution in [2.75, 3.05) is 19.8 Å². The number of rotatable bonds is 4. The van der Waals surface area contributed by atoms with Crippen molar-refractivity contribution in [1.29, 1.82) is 0 Å². The minimum Gasteiger partial charge on any atom is -0.490 e. The minimum atomic E-state index is -1.28. The highest BCUT2D eigenvalue weighted by molar-refractivity contribution is 9.11. The highest BCUT2D eigenvalue weighted by atomic mass is 79.9. The first-order valence-corrected chi connectivity index (χ1v) is 10.3. The van der Waals surface area contributed by atoms with Gasteiger partial charge in [-0.05, 0) is 52.7 Å². The number of ether oxygens (including phenoxy) is 2. The fourth-order valence-corrected chi connectivity index (χ4v) is 4.51. The van der Waals surface area contributed by atoms with Crippen molar-refractivity contribution >= 4 is 45.0 Å². The number of nitrogens with one attached hydrogen (secondary N) is 1. The normalized spacial score (nSPS) is 21.4. The van der Waals surface area contributed by atoms with Crippen LogP contribution in [0.15, 0.2) is 34.1 Å². The third-order valence-electron chi connectivity index (χ3n) is 4.75. The van der Waals surface area contributed by atoms with Crippen LogP contribution in [0.2, 0.25) is 0 Å². The number of carbonyl (C=O) groups excluding carboxylic acids is 3. The van der Waals surface area contributed by atoms with Gasteiger partial charge in [0.1, 0.15) is 5.54 Å². The maximum Gasteiger partial charge on any atom is 0.325 e. The lowest BCUT2D eigenvalue weighted by Gasteiger charge is -2.23. The number of halogens is 1. The van der Waals surface area contributed by atoms with Crippen molar-refractivity contribution in [3.63, 3.8) is 0 Å². The van der Waals surface area contributed by atoms with Crippen LogP contribution in [0.5, 0.6) is 11.5 Å². The molecule has 4 rings (SSSR count). The Labute approximate surface area is 173 Å². The number of hydrogen-bond donors (Lipinski definition) is 1. The van der Waals surface area contributed by atoms with Crippen molar-refractivity contribution in [1.82, 2.24) is 10.2 Å². The quantitative estimate of drug-likeness (QED) is 0.553. The molecule has 0 spiro atoms. The largest absolute Gasteiger partial charge is 0.490 e. The summed E-state index contributed by atoms with van der Waals surface area (Å²) < 4.78 is 12.1. The Morgan fingerprint density at radius 2 is 1.96 bits per heavy atom. The van der Waals surface area contributed by atoms with Crippen LogP contribution >= 0.6 is 27.3 Å². The van der Waals surface area contributed by atoms with Gasteiger partial charge in [0.05, 0.1) is 28.4 Å². The van der Waals surface area contributed by atoms with Gasteiger partial charge in [-0.2, -0.15) is 0 Å². The van der Waals surface area contributed by atoms with Gasteiger partial charge in [0.25, 0.3) is 5.91 Å². The molecule has 0 radical (unpaired) electrons. The molecule has 9 heteroatoms. The monoisotopic (exact) mass is 464 g/mol. The van der Waals surface area contributed by atoms with Crippen LogP contribution in [0.1, 0.15) is 28.6 Å². The van der Waals surface area contributed by atoms with Crippen molar-refractivity contribution in [3.8, 4) is 11.5 Å². The van der Waals surface area contributed by atoms with Crippen molar-refractivity contribution in [3.05, 3.63) is 44.6 Å². The van der Waals surface area contributed by atoms with Crippen LogP contribution in [0.3, 0.4) is 0 Å². The van der Waals surface area contributed by atoms with E-state index in [2.05, 4.69) is 21.2 Å². The molecule has 1 atom stereocenters. The number of Topliss-reactive ketones (excluding diaryl/α,β-unsaturated/α-hetero) is 1. The molecule has 28 heavy (non-hydrogen) atoms. The lowest BCUT2D eigenvalue weighted by atomic mass is 9.91. The first kappa shape index (κ1) is 18.9. The van der Waals surface area contributed by atoms with Crippen LogP contribution < -0.4 is 14.8 Å². The van der Waals surface area contributed by atoms with E-state index >= 15 is 0 Å². The van der Waals surface area contributed by atoms with Gasteiger partial charge in [-0.15, -0.1) is 11.3 Å². The Hall–Kier alpha value is -2.39. The Morgan fingerprint density at radius 1 is 1.21 bits per heavy atom. The summed E-state index contributed by atoms with van der Waals surface area (Å²) in [6.07, 6.45) is 0.770. The third kappa shape index (κ3) is 3.29. The van der Waals surface area contributed by atoms with E-state index in [9.17, 15) is 14.4 Å². The summed E-state index contributed by atoms with van der Waals surface area (Å²) in [5.74, 6) is 0.381. The highest BCUT2D eigenvalue weighted by Crippen LogP contribution is 2.36. The predicted molar refractivity (Wildman–Crippen MR) is 106 cm³/mol. The average Bonchev–Trinajstić information content (AvgIpc) is 3.08. The average molecular weight is 465 g/mol. The van der Waals surface area contributed by atoms with E-state index in [4.69, 9.17) is 9.47 Å². The predicted octanol–water partition coefficient (Wildman–Crippen LogP) is 3.32. The number of hydrogen-bond acceptors (Lipinski definition) is 6. The number of thiophene rings is 1. The smallest absolute Gasteiger partial charge is 0.325 e. The number of imide groups is 1. The second kappa shape index (κ2) is 7.21. The molecule has 0 saturated carbocycles. The lowest BCUT2D eigenvalue weighted by Crippen LogP contribution is -2.41. The summed E-state index contributed by atoms with van der Waals surface area (Å²) in [7, 11) is 0. The summed E-state index contributed by atoms with van der Waals surface area (Å²) in [6, 6.07) is 8.00. The Bertz CT molecular complexity index is 975. The molecule has 7 nitrogen and oxygen atoms in total. The molecule has 146 valence electrons. The molecular weight excluding hydrogens is 448 g/mol. The zero-order valence-corrected chi connectivity index (χ0v) is 17.4. The summed E-state index contributed by atoms with van der Waals surface area (Å²) in [6.45, 7) is 2.40. The second-order valence-corrected chi connectivity index (χ2v) is 9.15. The molecule has 1 aromatic heterocycles. The summed E-state index contributed by atoms with van der Waals surface area (Å²) in [5, 5.41) is 2.71. The van der Waals surface area contributed by atoms with E-state index in [1.165, 1.54) is 11.3 Å². The molecular formula is C19H17BrN2O5S. The number of nitrogens with zero attached hydrogens (tertiary/aromatic N) is 1. The number of urea groups is 1. The van der Waals surface area contributed by atoms with E-state index in [1.54, 1.807) is 37.3 Å². The molecule has 2 aromatic rings.